The van der Waals surface area contributed by atoms with Gasteiger partial charge in [-0.1, -0.05) is 86.3 Å². The number of phenolic OH excluding ortho intramolecular Hbond substituents is 1. The van der Waals surface area contributed by atoms with Crippen molar-refractivity contribution in [1.29, 1.82) is 0 Å². The van der Waals surface area contributed by atoms with Crippen LogP contribution in [0.4, 0.5) is 0 Å². The number of phenols is 1. The summed E-state index contributed by atoms with van der Waals surface area (Å²) < 4.78 is 6.33. The van der Waals surface area contributed by atoms with Crippen LogP contribution in [0.25, 0.3) is 0 Å². The second-order valence-electron chi connectivity index (χ2n) is 10.1. The SMILES string of the molecule is CCCCCCCC(OC(=O)CSCc1ccc(O)cc1)(C(C)(C)C)C(C)(C)C. The third kappa shape index (κ3) is 7.88. The van der Waals surface area contributed by atoms with Crippen LogP contribution in [0.1, 0.15) is 92.6 Å². The summed E-state index contributed by atoms with van der Waals surface area (Å²) in [4.78, 5) is 12.8. The first-order valence-corrected chi connectivity index (χ1v) is 12.2. The second kappa shape index (κ2) is 11.3. The van der Waals surface area contributed by atoms with Crippen LogP contribution in [0.15, 0.2) is 24.3 Å². The van der Waals surface area contributed by atoms with E-state index in [0.29, 0.717) is 5.75 Å². The first-order valence-electron chi connectivity index (χ1n) is 11.0. The number of carbonyl (C=O) groups excluding carboxylic acids is 1. The number of esters is 1. The molecule has 0 spiro atoms. The van der Waals surface area contributed by atoms with Crippen molar-refractivity contribution in [3.63, 3.8) is 0 Å². The second-order valence-corrected chi connectivity index (χ2v) is 11.1. The van der Waals surface area contributed by atoms with Gasteiger partial charge in [0, 0.05) is 16.6 Å². The van der Waals surface area contributed by atoms with Crippen molar-refractivity contribution in [3.05, 3.63) is 29.8 Å². The fourth-order valence-corrected chi connectivity index (χ4v) is 5.03. The third-order valence-corrected chi connectivity index (χ3v) is 6.75. The van der Waals surface area contributed by atoms with E-state index in [1.54, 1.807) is 23.9 Å². The van der Waals surface area contributed by atoms with Crippen LogP contribution in [-0.4, -0.2) is 22.4 Å². The maximum atomic E-state index is 12.8. The Morgan fingerprint density at radius 1 is 0.931 bits per heavy atom. The minimum absolute atomic E-state index is 0.132. The molecule has 0 unspecified atom stereocenters. The number of rotatable bonds is 11. The molecule has 0 aliphatic carbocycles. The maximum absolute atomic E-state index is 12.8. The van der Waals surface area contributed by atoms with E-state index in [4.69, 9.17) is 4.74 Å². The summed E-state index contributed by atoms with van der Waals surface area (Å²) in [6, 6.07) is 7.13. The van der Waals surface area contributed by atoms with Gasteiger partial charge in [0.25, 0.3) is 0 Å². The number of benzene rings is 1. The topological polar surface area (TPSA) is 46.5 Å². The molecule has 0 saturated heterocycles. The van der Waals surface area contributed by atoms with E-state index in [1.807, 2.05) is 12.1 Å². The van der Waals surface area contributed by atoms with Gasteiger partial charge in [0.1, 0.15) is 11.4 Å². The standard InChI is InChI=1S/C25H42O3S/c1-8-9-10-11-12-17-25(23(2,3)4,24(5,6)7)28-22(27)19-29-18-20-13-15-21(26)16-14-20/h13-16,26H,8-12,17-19H2,1-7H3. The van der Waals surface area contributed by atoms with Crippen molar-refractivity contribution in [1.82, 2.24) is 0 Å². The van der Waals surface area contributed by atoms with Crippen LogP contribution < -0.4 is 0 Å². The van der Waals surface area contributed by atoms with Crippen molar-refractivity contribution < 1.29 is 14.6 Å². The molecular weight excluding hydrogens is 380 g/mol. The van der Waals surface area contributed by atoms with Crippen molar-refractivity contribution in [2.24, 2.45) is 10.8 Å². The van der Waals surface area contributed by atoms with Gasteiger partial charge in [0.15, 0.2) is 0 Å². The first-order chi connectivity index (χ1) is 13.4. The molecule has 0 bridgehead atoms. The lowest BCUT2D eigenvalue weighted by Crippen LogP contribution is -2.56. The zero-order valence-corrected chi connectivity index (χ0v) is 20.5. The average molecular weight is 423 g/mol. The summed E-state index contributed by atoms with van der Waals surface area (Å²) in [5.41, 5.74) is 0.303. The van der Waals surface area contributed by atoms with E-state index >= 15 is 0 Å². The van der Waals surface area contributed by atoms with Crippen molar-refractivity contribution in [3.8, 4) is 5.75 Å². The van der Waals surface area contributed by atoms with Gasteiger partial charge in [-0.15, -0.1) is 11.8 Å². The average Bonchev–Trinajstić information content (AvgIpc) is 2.60. The fourth-order valence-electron chi connectivity index (χ4n) is 4.28. The lowest BCUT2D eigenvalue weighted by molar-refractivity contribution is -0.197. The lowest BCUT2D eigenvalue weighted by Gasteiger charge is -2.52. The normalized spacial score (nSPS) is 12.8. The van der Waals surface area contributed by atoms with Gasteiger partial charge >= 0.3 is 5.97 Å². The lowest BCUT2D eigenvalue weighted by atomic mass is 9.60. The summed E-state index contributed by atoms with van der Waals surface area (Å²) >= 11 is 1.56. The molecule has 0 amide bonds. The molecule has 0 radical (unpaired) electrons. The van der Waals surface area contributed by atoms with Crippen LogP contribution in [-0.2, 0) is 15.3 Å². The minimum atomic E-state index is -0.498. The monoisotopic (exact) mass is 422 g/mol. The van der Waals surface area contributed by atoms with E-state index in [1.165, 1.54) is 25.7 Å². The summed E-state index contributed by atoms with van der Waals surface area (Å²) in [6.45, 7) is 15.4. The third-order valence-electron chi connectivity index (χ3n) is 5.77. The van der Waals surface area contributed by atoms with Crippen LogP contribution >= 0.6 is 11.8 Å². The molecule has 1 rings (SSSR count). The molecular formula is C25H42O3S. The molecule has 0 saturated carbocycles. The zero-order chi connectivity index (χ0) is 22.1. The van der Waals surface area contributed by atoms with Crippen LogP contribution in [0, 0.1) is 10.8 Å². The van der Waals surface area contributed by atoms with E-state index < -0.39 is 5.60 Å². The molecule has 0 aliphatic heterocycles. The van der Waals surface area contributed by atoms with Gasteiger partial charge in [-0.3, -0.25) is 4.79 Å². The minimum Gasteiger partial charge on any atom is -0.508 e. The number of thioether (sulfide) groups is 1. The molecule has 1 N–H and O–H groups in total. The molecule has 0 atom stereocenters. The Morgan fingerprint density at radius 3 is 2.00 bits per heavy atom. The number of carbonyl (C=O) groups is 1. The molecule has 0 aliphatic rings. The van der Waals surface area contributed by atoms with Crippen molar-refractivity contribution in [2.75, 3.05) is 5.75 Å². The number of hydrogen-bond donors (Lipinski definition) is 1. The van der Waals surface area contributed by atoms with Crippen LogP contribution in [0.3, 0.4) is 0 Å². The number of unbranched alkanes of at least 4 members (excludes halogenated alkanes) is 4. The Balaban J connectivity index is 2.78. The highest BCUT2D eigenvalue weighted by Crippen LogP contribution is 2.50. The van der Waals surface area contributed by atoms with Gasteiger partial charge in [-0.2, -0.15) is 0 Å². The Morgan fingerprint density at radius 2 is 1.48 bits per heavy atom. The smallest absolute Gasteiger partial charge is 0.316 e. The summed E-state index contributed by atoms with van der Waals surface area (Å²) in [5, 5.41) is 9.39. The summed E-state index contributed by atoms with van der Waals surface area (Å²) in [6.07, 6.45) is 6.93. The van der Waals surface area contributed by atoms with E-state index in [-0.39, 0.29) is 22.5 Å². The zero-order valence-electron chi connectivity index (χ0n) is 19.6. The predicted octanol–water partition coefficient (Wildman–Crippen LogP) is 7.36. The van der Waals surface area contributed by atoms with Crippen LogP contribution in [0.2, 0.25) is 0 Å². The summed E-state index contributed by atoms with van der Waals surface area (Å²) in [5.74, 6) is 1.19. The first kappa shape index (κ1) is 25.9. The summed E-state index contributed by atoms with van der Waals surface area (Å²) in [7, 11) is 0. The van der Waals surface area contributed by atoms with Crippen LogP contribution in [0.5, 0.6) is 5.75 Å². The molecule has 3 nitrogen and oxygen atoms in total. The molecule has 0 fully saturated rings. The van der Waals surface area contributed by atoms with E-state index in [0.717, 1.165) is 24.2 Å². The van der Waals surface area contributed by atoms with Gasteiger partial charge < -0.3 is 9.84 Å². The molecule has 4 heteroatoms. The number of aromatic hydroxyl groups is 1. The Labute approximate surface area is 183 Å². The molecule has 1 aromatic rings. The van der Waals surface area contributed by atoms with Gasteiger partial charge in [0.2, 0.25) is 0 Å². The van der Waals surface area contributed by atoms with Gasteiger partial charge in [-0.25, -0.2) is 0 Å². The highest BCUT2D eigenvalue weighted by Gasteiger charge is 2.53. The molecule has 1 aromatic carbocycles. The highest BCUT2D eigenvalue weighted by atomic mass is 32.2. The van der Waals surface area contributed by atoms with Crippen molar-refractivity contribution >= 4 is 17.7 Å². The molecule has 0 heterocycles. The number of hydrogen-bond acceptors (Lipinski definition) is 4. The maximum Gasteiger partial charge on any atom is 0.316 e. The fraction of sp³-hybridized carbons (Fsp3) is 0.720. The quantitative estimate of drug-likeness (QED) is 0.299. The number of ether oxygens (including phenoxy) is 1. The largest absolute Gasteiger partial charge is 0.508 e. The van der Waals surface area contributed by atoms with E-state index in [2.05, 4.69) is 48.5 Å². The molecule has 29 heavy (non-hydrogen) atoms. The van der Waals surface area contributed by atoms with Gasteiger partial charge in [-0.05, 0) is 30.5 Å². The Bertz CT molecular complexity index is 594. The Kier molecular flexibility index (Phi) is 10.1. The Hall–Kier alpha value is -1.16. The highest BCUT2D eigenvalue weighted by molar-refractivity contribution is 7.99. The molecule has 0 aromatic heterocycles. The predicted molar refractivity (Wildman–Crippen MR) is 125 cm³/mol. The molecule has 166 valence electrons. The van der Waals surface area contributed by atoms with Gasteiger partial charge in [0.05, 0.1) is 5.75 Å². The van der Waals surface area contributed by atoms with Crippen molar-refractivity contribution in [2.45, 2.75) is 98.3 Å². The van der Waals surface area contributed by atoms with E-state index in [9.17, 15) is 9.90 Å².